The second-order valence-corrected chi connectivity index (χ2v) is 8.37. The maximum atomic E-state index is 12.5. The summed E-state index contributed by atoms with van der Waals surface area (Å²) >= 11 is 0. The molecule has 0 atom stereocenters. The second kappa shape index (κ2) is 7.51. The van der Waals surface area contributed by atoms with Gasteiger partial charge in [-0.05, 0) is 55.4 Å². The van der Waals surface area contributed by atoms with E-state index in [-0.39, 0.29) is 18.0 Å². The monoisotopic (exact) mass is 404 g/mol. The van der Waals surface area contributed by atoms with E-state index in [1.165, 1.54) is 49.2 Å². The first kappa shape index (κ1) is 18.7. The molecule has 0 radical (unpaired) electrons. The molecule has 3 aromatic rings. The minimum absolute atomic E-state index is 0.133. The molecule has 2 aromatic heterocycles. The van der Waals surface area contributed by atoms with Crippen LogP contribution in [0.25, 0.3) is 10.9 Å². The van der Waals surface area contributed by atoms with Crippen LogP contribution < -0.4 is 15.8 Å². The molecule has 1 saturated carbocycles. The topological polar surface area (TPSA) is 93.0 Å². The van der Waals surface area contributed by atoms with Gasteiger partial charge in [-0.15, -0.1) is 0 Å². The summed E-state index contributed by atoms with van der Waals surface area (Å²) < 4.78 is 1.24. The lowest BCUT2D eigenvalue weighted by Crippen LogP contribution is -2.44. The zero-order valence-corrected chi connectivity index (χ0v) is 16.8. The Kier molecular flexibility index (Phi) is 4.69. The molecule has 154 valence electrons. The highest BCUT2D eigenvalue weighted by Gasteiger charge is 2.39. The zero-order valence-electron chi connectivity index (χ0n) is 16.8. The average Bonchev–Trinajstić information content (AvgIpc) is 2.74. The van der Waals surface area contributed by atoms with Crippen molar-refractivity contribution in [2.24, 2.45) is 5.41 Å². The summed E-state index contributed by atoms with van der Waals surface area (Å²) in [7, 11) is 0. The van der Waals surface area contributed by atoms with Crippen LogP contribution in [-0.2, 0) is 11.3 Å². The molecule has 1 aliphatic carbocycles. The van der Waals surface area contributed by atoms with Crippen molar-refractivity contribution in [2.75, 3.05) is 23.3 Å². The van der Waals surface area contributed by atoms with Crippen molar-refractivity contribution in [3.8, 4) is 0 Å². The van der Waals surface area contributed by atoms with E-state index in [1.54, 1.807) is 24.4 Å². The Balaban J connectivity index is 1.27. The second-order valence-electron chi connectivity index (χ2n) is 8.37. The van der Waals surface area contributed by atoms with Crippen LogP contribution in [0.2, 0.25) is 0 Å². The summed E-state index contributed by atoms with van der Waals surface area (Å²) in [5, 5.41) is 8.18. The molecular weight excluding hydrogens is 380 g/mol. The van der Waals surface area contributed by atoms with Gasteiger partial charge in [-0.3, -0.25) is 9.59 Å². The van der Waals surface area contributed by atoms with E-state index in [2.05, 4.69) is 25.3 Å². The van der Waals surface area contributed by atoms with Crippen molar-refractivity contribution in [3.63, 3.8) is 0 Å². The van der Waals surface area contributed by atoms with Gasteiger partial charge >= 0.3 is 0 Å². The van der Waals surface area contributed by atoms with E-state index < -0.39 is 0 Å². The largest absolute Gasteiger partial charge is 0.355 e. The van der Waals surface area contributed by atoms with E-state index in [9.17, 15) is 9.59 Å². The van der Waals surface area contributed by atoms with Gasteiger partial charge in [-0.2, -0.15) is 5.10 Å². The number of nitrogens with one attached hydrogen (secondary N) is 1. The minimum atomic E-state index is -0.303. The number of anilines is 2. The van der Waals surface area contributed by atoms with Gasteiger partial charge in [-0.1, -0.05) is 6.42 Å². The van der Waals surface area contributed by atoms with E-state index in [0.29, 0.717) is 11.1 Å². The van der Waals surface area contributed by atoms with Crippen LogP contribution >= 0.6 is 0 Å². The van der Waals surface area contributed by atoms with E-state index in [0.717, 1.165) is 29.8 Å². The molecule has 0 bridgehead atoms. The van der Waals surface area contributed by atoms with Gasteiger partial charge in [-0.25, -0.2) is 14.6 Å². The number of piperidine rings is 1. The maximum Gasteiger partial charge on any atom is 0.267 e. The van der Waals surface area contributed by atoms with Crippen molar-refractivity contribution in [1.29, 1.82) is 0 Å². The number of rotatable bonds is 4. The van der Waals surface area contributed by atoms with Crippen molar-refractivity contribution in [1.82, 2.24) is 19.7 Å². The summed E-state index contributed by atoms with van der Waals surface area (Å²) in [4.78, 5) is 35.2. The van der Waals surface area contributed by atoms with Crippen LogP contribution in [0.15, 0.2) is 47.7 Å². The minimum Gasteiger partial charge on any atom is -0.355 e. The number of hydrogen-bond donors (Lipinski definition) is 1. The normalized spacial score (nSPS) is 17.7. The number of fused-ring (bicyclic) bond motifs is 1. The molecule has 8 nitrogen and oxygen atoms in total. The van der Waals surface area contributed by atoms with Gasteiger partial charge in [0.05, 0.1) is 5.52 Å². The Labute approximate surface area is 173 Å². The number of aromatic nitrogens is 4. The Hall–Kier alpha value is -3.29. The highest BCUT2D eigenvalue weighted by atomic mass is 16.2. The zero-order chi connectivity index (χ0) is 20.6. The van der Waals surface area contributed by atoms with E-state index >= 15 is 0 Å². The molecule has 8 heteroatoms. The molecule has 0 unspecified atom stereocenters. The molecule has 1 amide bonds. The van der Waals surface area contributed by atoms with Crippen molar-refractivity contribution in [2.45, 2.75) is 38.6 Å². The third kappa shape index (κ3) is 3.65. The summed E-state index contributed by atoms with van der Waals surface area (Å²) in [6, 6.07) is 8.68. The van der Waals surface area contributed by atoms with Gasteiger partial charge in [0.1, 0.15) is 18.7 Å². The fourth-order valence-electron chi connectivity index (χ4n) is 4.50. The number of amides is 1. The number of carbonyl (C=O) groups excluding carboxylic acids is 1. The fraction of sp³-hybridized carbons (Fsp3) is 0.409. The molecule has 3 heterocycles. The predicted molar refractivity (Wildman–Crippen MR) is 114 cm³/mol. The van der Waals surface area contributed by atoms with Gasteiger partial charge in [0.2, 0.25) is 5.91 Å². The predicted octanol–water partition coefficient (Wildman–Crippen LogP) is 2.60. The van der Waals surface area contributed by atoms with Crippen molar-refractivity contribution < 1.29 is 4.79 Å². The van der Waals surface area contributed by atoms with Crippen LogP contribution in [-0.4, -0.2) is 38.7 Å². The third-order valence-corrected chi connectivity index (χ3v) is 6.50. The first-order chi connectivity index (χ1) is 14.6. The standard InChI is InChI=1S/C22H24N6O2/c29-20(25-17-3-2-16-13-23-15-24-18(16)12-17)14-28-21(30)5-4-19(26-28)27-10-8-22(9-11-27)6-1-7-22/h2-5,12-13,15H,1,6-11,14H2,(H,25,29). The molecule has 1 aliphatic heterocycles. The first-order valence-electron chi connectivity index (χ1n) is 10.4. The smallest absolute Gasteiger partial charge is 0.267 e. The quantitative estimate of drug-likeness (QED) is 0.719. The number of nitrogens with zero attached hydrogens (tertiary/aromatic N) is 5. The highest BCUT2D eigenvalue weighted by molar-refractivity contribution is 5.93. The van der Waals surface area contributed by atoms with Crippen molar-refractivity contribution in [3.05, 3.63) is 53.2 Å². The fourth-order valence-corrected chi connectivity index (χ4v) is 4.50. The summed E-state index contributed by atoms with van der Waals surface area (Å²) in [6.45, 7) is 1.78. The Bertz CT molecular complexity index is 1140. The SMILES string of the molecule is O=C(Cn1nc(N2CCC3(CCC3)CC2)ccc1=O)Nc1ccc2cncnc2c1. The number of hydrogen-bond acceptors (Lipinski definition) is 6. The van der Waals surface area contributed by atoms with Crippen LogP contribution in [0.3, 0.4) is 0 Å². The average molecular weight is 404 g/mol. The van der Waals surface area contributed by atoms with Gasteiger partial charge < -0.3 is 10.2 Å². The maximum absolute atomic E-state index is 12.5. The molecule has 5 rings (SSSR count). The third-order valence-electron chi connectivity index (χ3n) is 6.50. The molecule has 30 heavy (non-hydrogen) atoms. The molecule has 1 saturated heterocycles. The summed E-state index contributed by atoms with van der Waals surface area (Å²) in [5.41, 5.74) is 1.63. The van der Waals surface area contributed by atoms with Crippen molar-refractivity contribution >= 4 is 28.3 Å². The summed E-state index contributed by atoms with van der Waals surface area (Å²) in [6.07, 6.45) is 9.58. The van der Waals surface area contributed by atoms with Crippen LogP contribution in [0, 0.1) is 5.41 Å². The lowest BCUT2D eigenvalue weighted by atomic mass is 9.63. The lowest BCUT2D eigenvalue weighted by molar-refractivity contribution is -0.117. The van der Waals surface area contributed by atoms with Gasteiger partial charge in [0.25, 0.3) is 5.56 Å². The Morgan fingerprint density at radius 2 is 1.93 bits per heavy atom. The first-order valence-corrected chi connectivity index (χ1v) is 10.4. The molecular formula is C22H24N6O2. The lowest BCUT2D eigenvalue weighted by Gasteiger charge is -2.48. The van der Waals surface area contributed by atoms with Crippen LogP contribution in [0.4, 0.5) is 11.5 Å². The molecule has 1 aromatic carbocycles. The number of carbonyl (C=O) groups is 1. The van der Waals surface area contributed by atoms with Crippen LogP contribution in [0.1, 0.15) is 32.1 Å². The molecule has 1 spiro atoms. The van der Waals surface area contributed by atoms with E-state index in [1.807, 2.05) is 6.07 Å². The summed E-state index contributed by atoms with van der Waals surface area (Å²) in [5.74, 6) is 0.459. The number of benzene rings is 1. The Morgan fingerprint density at radius 3 is 2.70 bits per heavy atom. The molecule has 2 fully saturated rings. The Morgan fingerprint density at radius 1 is 1.10 bits per heavy atom. The molecule has 2 aliphatic rings. The van der Waals surface area contributed by atoms with Crippen LogP contribution in [0.5, 0.6) is 0 Å². The van der Waals surface area contributed by atoms with Gasteiger partial charge in [0, 0.05) is 36.4 Å². The highest BCUT2D eigenvalue weighted by Crippen LogP contribution is 2.49. The van der Waals surface area contributed by atoms with Gasteiger partial charge in [0.15, 0.2) is 0 Å². The van der Waals surface area contributed by atoms with E-state index in [4.69, 9.17) is 0 Å². The molecule has 1 N–H and O–H groups in total.